The molecule has 1 fully saturated rings. The van der Waals surface area contributed by atoms with Gasteiger partial charge >= 0.3 is 18.0 Å². The van der Waals surface area contributed by atoms with E-state index >= 15 is 0 Å². The number of pyridine rings is 1. The van der Waals surface area contributed by atoms with Crippen LogP contribution in [0.1, 0.15) is 72.6 Å². The number of hydrogen-bond acceptors (Lipinski definition) is 8. The zero-order valence-electron chi connectivity index (χ0n) is 34.6. The highest BCUT2D eigenvalue weighted by Gasteiger charge is 2.50. The molecule has 1 aliphatic heterocycles. The summed E-state index contributed by atoms with van der Waals surface area (Å²) >= 11 is 4.52. The summed E-state index contributed by atoms with van der Waals surface area (Å²) in [7, 11) is -3.00. The van der Waals surface area contributed by atoms with Gasteiger partial charge in [-0.1, -0.05) is 87.5 Å². The molecule has 9 nitrogen and oxygen atoms in total. The van der Waals surface area contributed by atoms with Crippen LogP contribution in [0, 0.1) is 0 Å². The number of amides is 1. The lowest BCUT2D eigenvalue weighted by molar-refractivity contribution is -0.138. The Hall–Kier alpha value is -4.18. The van der Waals surface area contributed by atoms with E-state index in [-0.39, 0.29) is 62.5 Å². The molecule has 0 radical (unpaired) electrons. The van der Waals surface area contributed by atoms with Crippen LogP contribution in [-0.4, -0.2) is 77.4 Å². The van der Waals surface area contributed by atoms with Gasteiger partial charge in [-0.3, -0.25) is 9.88 Å². The van der Waals surface area contributed by atoms with Gasteiger partial charge in [0.15, 0.2) is 0 Å². The molecule has 6 rings (SSSR count). The summed E-state index contributed by atoms with van der Waals surface area (Å²) in [6.07, 6.45) is -3.52. The van der Waals surface area contributed by atoms with Crippen molar-refractivity contribution in [3.63, 3.8) is 0 Å². The number of benzene rings is 3. The Morgan fingerprint density at radius 2 is 1.51 bits per heavy atom. The van der Waals surface area contributed by atoms with Crippen molar-refractivity contribution in [2.45, 2.75) is 95.1 Å². The monoisotopic (exact) mass is 909 g/mol. The molecule has 3 heterocycles. The zero-order chi connectivity index (χ0) is 42.9. The number of H-pyrrole nitrogens is 1. The molecule has 3 aromatic carbocycles. The lowest BCUT2D eigenvalue weighted by Crippen LogP contribution is -2.66. The Labute approximate surface area is 357 Å². The fourth-order valence-electron chi connectivity index (χ4n) is 7.99. The number of carbonyl (C=O) groups is 1. The molecule has 1 N–H and O–H groups in total. The van der Waals surface area contributed by atoms with E-state index in [0.717, 1.165) is 22.1 Å². The molecule has 0 bridgehead atoms. The number of hydrogen-bond donors (Lipinski definition) is 1. The van der Waals surface area contributed by atoms with E-state index in [0.29, 0.717) is 0 Å². The molecule has 2 aromatic heterocycles. The van der Waals surface area contributed by atoms with Gasteiger partial charge in [0.1, 0.15) is 11.4 Å². The number of halogens is 4. The van der Waals surface area contributed by atoms with Crippen molar-refractivity contribution in [1.82, 2.24) is 19.9 Å². The van der Waals surface area contributed by atoms with Crippen molar-refractivity contribution in [3.05, 3.63) is 117 Å². The van der Waals surface area contributed by atoms with Crippen LogP contribution in [0.2, 0.25) is 5.04 Å². The Kier molecular flexibility index (Phi) is 13.1. The third-order valence-electron chi connectivity index (χ3n) is 10.5. The van der Waals surface area contributed by atoms with Crippen LogP contribution in [0.4, 0.5) is 23.8 Å². The van der Waals surface area contributed by atoms with Gasteiger partial charge in [-0.15, -0.1) is 11.8 Å². The van der Waals surface area contributed by atoms with Gasteiger partial charge in [-0.2, -0.15) is 18.2 Å². The van der Waals surface area contributed by atoms with E-state index < -0.39 is 49.5 Å². The minimum absolute atomic E-state index is 0.113. The van der Waals surface area contributed by atoms with E-state index in [2.05, 4.69) is 70.9 Å². The first kappa shape index (κ1) is 44.4. The number of piperazine rings is 1. The number of carbonyl (C=O) groups excluding carboxylic acids is 1. The van der Waals surface area contributed by atoms with Crippen LogP contribution < -0.4 is 21.0 Å². The first-order valence-electron chi connectivity index (χ1n) is 19.6. The maximum Gasteiger partial charge on any atom is 0.417 e. The smallest absolute Gasteiger partial charge is 0.417 e. The molecule has 1 aliphatic rings. The number of nitrogens with one attached hydrogen (secondary N) is 1. The molecule has 5 aromatic rings. The average Bonchev–Trinajstić information content (AvgIpc) is 3.15. The number of anilines is 1. The van der Waals surface area contributed by atoms with Gasteiger partial charge in [0.2, 0.25) is 0 Å². The predicted molar refractivity (Wildman–Crippen MR) is 236 cm³/mol. The van der Waals surface area contributed by atoms with E-state index in [9.17, 15) is 22.8 Å². The number of aromatic nitrogens is 3. The number of aromatic amines is 1. The quantitative estimate of drug-likeness (QED) is 0.109. The highest BCUT2D eigenvalue weighted by Crippen LogP contribution is 2.46. The summed E-state index contributed by atoms with van der Waals surface area (Å²) < 4.78 is 57.6. The van der Waals surface area contributed by atoms with E-state index in [4.69, 9.17) is 14.1 Å². The number of nitrogens with zero attached hydrogens (tertiary/aromatic N) is 4. The van der Waals surface area contributed by atoms with Crippen molar-refractivity contribution in [2.75, 3.05) is 30.3 Å². The summed E-state index contributed by atoms with van der Waals surface area (Å²) in [4.78, 5) is 41.9. The lowest BCUT2D eigenvalue weighted by atomic mass is 10.1. The highest BCUT2D eigenvalue weighted by molar-refractivity contribution is 9.10. The second-order valence-electron chi connectivity index (χ2n) is 17.1. The summed E-state index contributed by atoms with van der Waals surface area (Å²) in [5, 5.41) is 2.04. The maximum absolute atomic E-state index is 14.9. The minimum Gasteiger partial charge on any atom is -0.444 e. The van der Waals surface area contributed by atoms with Gasteiger partial charge in [0.25, 0.3) is 8.32 Å². The molecule has 0 saturated carbocycles. The standard InChI is InChI=1S/C44H51BrF3N5O4SSi/c1-28-24-52(25-29(2)53(28)41(55)57-42(3,4)5)39-33-23-34(44(46,47)48)36(45)38(37(33)50-40(54)51-39)58-27-30(35-21-15-16-22-49-35)26-56-59(43(6,7)8,31-17-11-9-12-18-31)32-19-13-10-14-20-32/h9-23,28-30H,24-27H2,1-8H3,(H,50,51,54)/t28-,29+,30?. The number of thioether (sulfide) groups is 1. The summed E-state index contributed by atoms with van der Waals surface area (Å²) in [6.45, 7) is 16.3. The van der Waals surface area contributed by atoms with Crippen molar-refractivity contribution in [2.24, 2.45) is 0 Å². The van der Waals surface area contributed by atoms with Gasteiger partial charge in [-0.25, -0.2) is 9.59 Å². The molecule has 59 heavy (non-hydrogen) atoms. The molecule has 0 aliphatic carbocycles. The number of ether oxygens (including phenoxy) is 1. The van der Waals surface area contributed by atoms with E-state index in [1.165, 1.54) is 11.8 Å². The van der Waals surface area contributed by atoms with Gasteiger partial charge in [0, 0.05) is 58.0 Å². The Morgan fingerprint density at radius 3 is 2.02 bits per heavy atom. The van der Waals surface area contributed by atoms with E-state index in [1.54, 1.807) is 36.8 Å². The van der Waals surface area contributed by atoms with Crippen LogP contribution in [0.15, 0.2) is 105 Å². The van der Waals surface area contributed by atoms with Crippen LogP contribution in [0.5, 0.6) is 0 Å². The summed E-state index contributed by atoms with van der Waals surface area (Å²) in [6, 6.07) is 26.3. The van der Waals surface area contributed by atoms with Crippen LogP contribution in [-0.2, 0) is 15.3 Å². The second kappa shape index (κ2) is 17.4. The minimum atomic E-state index is -4.74. The van der Waals surface area contributed by atoms with Crippen LogP contribution in [0.3, 0.4) is 0 Å². The average molecular weight is 911 g/mol. The van der Waals surface area contributed by atoms with Gasteiger partial charge < -0.3 is 19.0 Å². The van der Waals surface area contributed by atoms with Crippen LogP contribution in [0.25, 0.3) is 10.9 Å². The highest BCUT2D eigenvalue weighted by atomic mass is 79.9. The predicted octanol–water partition coefficient (Wildman–Crippen LogP) is 9.39. The molecular weight excluding hydrogens is 860 g/mol. The number of rotatable bonds is 10. The normalized spacial score (nSPS) is 17.3. The molecule has 1 saturated heterocycles. The van der Waals surface area contributed by atoms with Crippen molar-refractivity contribution < 1.29 is 27.1 Å². The molecule has 0 spiro atoms. The number of alkyl halides is 3. The SMILES string of the molecule is C[C@@H]1CN(c2nc(=O)[nH]c3c(SCC(CO[Si](c4ccccc4)(c4ccccc4)C(C)(C)C)c4ccccn4)c(Br)c(C(F)(F)F)cc23)C[C@H](C)N1C(=O)OC(C)(C)C. The second-order valence-corrected chi connectivity index (χ2v) is 23.2. The lowest BCUT2D eigenvalue weighted by Gasteiger charge is -2.45. The Bertz CT molecular complexity index is 2260. The topological polar surface area (TPSA) is 101 Å². The molecule has 314 valence electrons. The fraction of sp³-hybridized carbons (Fsp3) is 0.409. The van der Waals surface area contributed by atoms with Crippen molar-refractivity contribution >= 4 is 69.2 Å². The Balaban J connectivity index is 1.41. The summed E-state index contributed by atoms with van der Waals surface area (Å²) in [5.74, 6) is 0.0180. The fourth-order valence-corrected chi connectivity index (χ4v) is 14.7. The maximum atomic E-state index is 14.9. The van der Waals surface area contributed by atoms with Crippen molar-refractivity contribution in [1.29, 1.82) is 0 Å². The van der Waals surface area contributed by atoms with Gasteiger partial charge in [0.05, 0.1) is 23.2 Å². The molecular formula is C44H51BrF3N5O4SSi. The molecule has 1 unspecified atom stereocenters. The molecule has 15 heteroatoms. The Morgan fingerprint density at radius 1 is 0.932 bits per heavy atom. The van der Waals surface area contributed by atoms with E-state index in [1.807, 2.05) is 68.4 Å². The van der Waals surface area contributed by atoms with Gasteiger partial charge in [-0.05, 0) is 84.2 Å². The zero-order valence-corrected chi connectivity index (χ0v) is 38.0. The molecule has 1 amide bonds. The first-order chi connectivity index (χ1) is 27.7. The largest absolute Gasteiger partial charge is 0.444 e. The third kappa shape index (κ3) is 9.58. The summed E-state index contributed by atoms with van der Waals surface area (Å²) in [5.41, 5.74) is -1.35. The third-order valence-corrected chi connectivity index (χ3v) is 17.8. The van der Waals surface area contributed by atoms with Crippen LogP contribution >= 0.6 is 27.7 Å². The first-order valence-corrected chi connectivity index (χ1v) is 23.3. The molecule has 3 atom stereocenters. The number of fused-ring (bicyclic) bond motifs is 1. The van der Waals surface area contributed by atoms with Crippen molar-refractivity contribution in [3.8, 4) is 0 Å².